The van der Waals surface area contributed by atoms with Crippen LogP contribution in [-0.4, -0.2) is 44.8 Å². The predicted molar refractivity (Wildman–Crippen MR) is 112 cm³/mol. The maximum Gasteiger partial charge on any atom is 0.297 e. The van der Waals surface area contributed by atoms with Gasteiger partial charge in [-0.1, -0.05) is 46.2 Å². The van der Waals surface area contributed by atoms with Gasteiger partial charge in [0, 0.05) is 5.75 Å². The minimum absolute atomic E-state index is 0.0196. The molecule has 0 aromatic heterocycles. The predicted octanol–water partition coefficient (Wildman–Crippen LogP) is 2.56. The van der Waals surface area contributed by atoms with Crippen LogP contribution in [0.2, 0.25) is 0 Å². The number of hydrogen-bond donors (Lipinski definition) is 0. The molecule has 0 aliphatic carbocycles. The highest BCUT2D eigenvalue weighted by atomic mass is 33.1. The zero-order valence-electron chi connectivity index (χ0n) is 15.7. The molecule has 7 nitrogen and oxygen atoms in total. The van der Waals surface area contributed by atoms with Crippen LogP contribution in [0.15, 0.2) is 58.3 Å². The van der Waals surface area contributed by atoms with Crippen molar-refractivity contribution < 1.29 is 29.4 Å². The fourth-order valence-electron chi connectivity index (χ4n) is 2.57. The fourth-order valence-corrected chi connectivity index (χ4v) is 7.70. The normalized spacial score (nSPS) is 23.0. The highest BCUT2D eigenvalue weighted by molar-refractivity contribution is 8.69. The van der Waals surface area contributed by atoms with Crippen LogP contribution in [0.1, 0.15) is 11.1 Å². The fraction of sp³-hybridized carbons (Fsp3) is 0.333. The molecule has 0 amide bonds. The molecule has 29 heavy (non-hydrogen) atoms. The molecule has 1 saturated heterocycles. The van der Waals surface area contributed by atoms with Crippen LogP contribution < -0.4 is 0 Å². The summed E-state index contributed by atoms with van der Waals surface area (Å²) < 4.78 is 72.9. The summed E-state index contributed by atoms with van der Waals surface area (Å²) in [5.74, 6) is -0.143. The van der Waals surface area contributed by atoms with Crippen molar-refractivity contribution in [3.8, 4) is 0 Å². The first kappa shape index (κ1) is 22.4. The van der Waals surface area contributed by atoms with Gasteiger partial charge in [-0.3, -0.25) is 8.37 Å². The second kappa shape index (κ2) is 8.86. The van der Waals surface area contributed by atoms with Crippen LogP contribution in [0.5, 0.6) is 0 Å². The molecule has 1 fully saturated rings. The summed E-state index contributed by atoms with van der Waals surface area (Å²) in [4.78, 5) is -0.104. The van der Waals surface area contributed by atoms with Gasteiger partial charge in [-0.25, -0.2) is 4.21 Å². The van der Waals surface area contributed by atoms with Crippen LogP contribution in [0, 0.1) is 13.8 Å². The molecule has 2 aromatic carbocycles. The quantitative estimate of drug-likeness (QED) is 0.463. The van der Waals surface area contributed by atoms with Gasteiger partial charge in [0.25, 0.3) is 20.2 Å². The van der Waals surface area contributed by atoms with Crippen molar-refractivity contribution in [3.63, 3.8) is 0 Å². The Hall–Kier alpha value is -1.24. The standard InChI is InChI=1S/C18H20O7S4/c1-13-3-7-15(8-4-13)28(20,21)24-17-11-26-27(19)12-18(17)25-29(22,23)16-9-5-14(2)6-10-16/h3-10,17-18H,11-12H2,1-2H3/t17-,18+,27+/m1/s1. The number of benzene rings is 2. The molecule has 3 rings (SSSR count). The largest absolute Gasteiger partial charge is 0.297 e. The van der Waals surface area contributed by atoms with Crippen LogP contribution in [0.25, 0.3) is 0 Å². The van der Waals surface area contributed by atoms with E-state index in [-0.39, 0.29) is 21.3 Å². The Morgan fingerprint density at radius 2 is 1.21 bits per heavy atom. The zero-order valence-corrected chi connectivity index (χ0v) is 18.9. The van der Waals surface area contributed by atoms with Gasteiger partial charge in [-0.05, 0) is 38.1 Å². The molecule has 1 aliphatic rings. The van der Waals surface area contributed by atoms with Crippen molar-refractivity contribution in [1.82, 2.24) is 0 Å². The van der Waals surface area contributed by atoms with E-state index in [1.165, 1.54) is 24.3 Å². The Bertz CT molecular complexity index is 1090. The van der Waals surface area contributed by atoms with E-state index in [0.29, 0.717) is 0 Å². The minimum atomic E-state index is -4.18. The Balaban J connectivity index is 1.82. The Morgan fingerprint density at radius 3 is 1.66 bits per heavy atom. The van der Waals surface area contributed by atoms with E-state index in [0.717, 1.165) is 21.9 Å². The van der Waals surface area contributed by atoms with Crippen LogP contribution in [-0.2, 0) is 38.4 Å². The molecular weight excluding hydrogens is 456 g/mol. The smallest absolute Gasteiger partial charge is 0.259 e. The number of rotatable bonds is 6. The second-order valence-corrected chi connectivity index (χ2v) is 13.0. The molecular formula is C18H20O7S4. The van der Waals surface area contributed by atoms with E-state index in [2.05, 4.69) is 0 Å². The lowest BCUT2D eigenvalue weighted by atomic mass is 10.2. The Morgan fingerprint density at radius 1 is 0.793 bits per heavy atom. The summed E-state index contributed by atoms with van der Waals surface area (Å²) in [6, 6.07) is 12.2. The highest BCUT2D eigenvalue weighted by Crippen LogP contribution is 2.29. The molecule has 0 bridgehead atoms. The van der Waals surface area contributed by atoms with Crippen molar-refractivity contribution in [3.05, 3.63) is 59.7 Å². The van der Waals surface area contributed by atoms with Gasteiger partial charge in [-0.15, -0.1) is 0 Å². The lowest BCUT2D eigenvalue weighted by Gasteiger charge is -2.29. The van der Waals surface area contributed by atoms with E-state index < -0.39 is 42.3 Å². The van der Waals surface area contributed by atoms with Crippen LogP contribution >= 0.6 is 10.8 Å². The van der Waals surface area contributed by atoms with E-state index in [9.17, 15) is 21.0 Å². The molecule has 0 spiro atoms. The first-order valence-corrected chi connectivity index (χ1v) is 14.2. The van der Waals surface area contributed by atoms with Gasteiger partial charge in [0.1, 0.15) is 12.2 Å². The third-order valence-electron chi connectivity index (χ3n) is 4.20. The van der Waals surface area contributed by atoms with E-state index >= 15 is 0 Å². The van der Waals surface area contributed by atoms with Gasteiger partial charge in [0.2, 0.25) is 0 Å². The van der Waals surface area contributed by atoms with Crippen molar-refractivity contribution >= 4 is 40.9 Å². The van der Waals surface area contributed by atoms with Crippen LogP contribution in [0.3, 0.4) is 0 Å². The number of hydrogen-bond acceptors (Lipinski definition) is 8. The maximum absolute atomic E-state index is 12.6. The van der Waals surface area contributed by atoms with Gasteiger partial charge in [0.15, 0.2) is 0 Å². The summed E-state index contributed by atoms with van der Waals surface area (Å²) in [6.45, 7) is 3.64. The van der Waals surface area contributed by atoms with E-state index in [4.69, 9.17) is 8.37 Å². The zero-order chi connectivity index (χ0) is 21.2. The van der Waals surface area contributed by atoms with Gasteiger partial charge >= 0.3 is 0 Å². The third-order valence-corrected chi connectivity index (χ3v) is 9.83. The average Bonchev–Trinajstić information content (AvgIpc) is 2.64. The third kappa shape index (κ3) is 5.68. The molecule has 0 radical (unpaired) electrons. The number of aryl methyl sites for hydroxylation is 2. The molecule has 3 atom stereocenters. The summed E-state index contributed by atoms with van der Waals surface area (Å²) in [5, 5.41) is 0. The topological polar surface area (TPSA) is 104 Å². The first-order chi connectivity index (χ1) is 13.6. The van der Waals surface area contributed by atoms with Crippen molar-refractivity contribution in [2.24, 2.45) is 0 Å². The Kier molecular flexibility index (Phi) is 6.86. The summed E-state index contributed by atoms with van der Waals surface area (Å²) >= 11 is 0. The molecule has 2 aromatic rings. The molecule has 0 saturated carbocycles. The second-order valence-electron chi connectivity index (χ2n) is 6.56. The van der Waals surface area contributed by atoms with E-state index in [1.807, 2.05) is 13.8 Å². The van der Waals surface area contributed by atoms with Crippen molar-refractivity contribution in [2.75, 3.05) is 11.5 Å². The highest BCUT2D eigenvalue weighted by Gasteiger charge is 2.38. The lowest BCUT2D eigenvalue weighted by Crippen LogP contribution is -2.43. The maximum atomic E-state index is 12.6. The average molecular weight is 477 g/mol. The molecule has 1 heterocycles. The molecule has 1 aliphatic heterocycles. The van der Waals surface area contributed by atoms with Crippen molar-refractivity contribution in [2.45, 2.75) is 35.8 Å². The summed E-state index contributed by atoms with van der Waals surface area (Å²) in [6.07, 6.45) is -2.28. The van der Waals surface area contributed by atoms with Crippen molar-refractivity contribution in [1.29, 1.82) is 0 Å². The molecule has 158 valence electrons. The SMILES string of the molecule is Cc1ccc(S(=O)(=O)O[C@H]2C[S@@](=O)SC[C@H]2OS(=O)(=O)c2ccc(C)cc2)cc1. The minimum Gasteiger partial charge on any atom is -0.259 e. The van der Waals surface area contributed by atoms with Crippen LogP contribution in [0.4, 0.5) is 0 Å². The summed E-state index contributed by atoms with van der Waals surface area (Å²) in [5.41, 5.74) is 1.77. The lowest BCUT2D eigenvalue weighted by molar-refractivity contribution is 0.0919. The van der Waals surface area contributed by atoms with E-state index in [1.54, 1.807) is 24.3 Å². The Labute approximate surface area is 176 Å². The molecule has 0 unspecified atom stereocenters. The summed E-state index contributed by atoms with van der Waals surface area (Å²) in [7, 11) is -8.73. The molecule has 0 N–H and O–H groups in total. The van der Waals surface area contributed by atoms with Gasteiger partial charge in [-0.2, -0.15) is 16.8 Å². The first-order valence-electron chi connectivity index (χ1n) is 8.58. The van der Waals surface area contributed by atoms with Gasteiger partial charge < -0.3 is 0 Å². The monoisotopic (exact) mass is 476 g/mol. The molecule has 11 heteroatoms. The van der Waals surface area contributed by atoms with Gasteiger partial charge in [0.05, 0.1) is 25.4 Å².